The molecule has 3 heteroatoms. The maximum absolute atomic E-state index is 12.9. The van der Waals surface area contributed by atoms with Crippen molar-refractivity contribution in [3.63, 3.8) is 0 Å². The summed E-state index contributed by atoms with van der Waals surface area (Å²) >= 11 is 3.51. The van der Waals surface area contributed by atoms with E-state index in [0.717, 1.165) is 59.2 Å². The highest BCUT2D eigenvalue weighted by atomic mass is 79.9. The number of carbonyl (C=O) groups is 1. The second-order valence-electron chi connectivity index (χ2n) is 14.0. The first-order chi connectivity index (χ1) is 17.6. The molecule has 0 aromatic heterocycles. The van der Waals surface area contributed by atoms with Gasteiger partial charge < -0.3 is 4.74 Å². The maximum atomic E-state index is 12.9. The van der Waals surface area contributed by atoms with Gasteiger partial charge >= 0.3 is 5.97 Å². The molecular formula is C34H49BrO2. The van der Waals surface area contributed by atoms with Crippen LogP contribution in [0.2, 0.25) is 0 Å². The minimum atomic E-state index is -0.191. The van der Waals surface area contributed by atoms with Crippen molar-refractivity contribution < 1.29 is 9.53 Å². The fourth-order valence-electron chi connectivity index (χ4n) is 9.59. The van der Waals surface area contributed by atoms with Gasteiger partial charge in [-0.25, -0.2) is 4.79 Å². The van der Waals surface area contributed by atoms with Crippen molar-refractivity contribution in [1.29, 1.82) is 0 Å². The molecule has 37 heavy (non-hydrogen) atoms. The Hall–Kier alpha value is -1.09. The third-order valence-corrected chi connectivity index (χ3v) is 12.3. The molecule has 8 unspecified atom stereocenters. The van der Waals surface area contributed by atoms with Gasteiger partial charge in [0.1, 0.15) is 6.10 Å². The summed E-state index contributed by atoms with van der Waals surface area (Å²) in [6.45, 7) is 12.5. The van der Waals surface area contributed by atoms with E-state index in [9.17, 15) is 4.79 Å². The number of ether oxygens (including phenoxy) is 1. The van der Waals surface area contributed by atoms with Crippen LogP contribution >= 0.6 is 15.9 Å². The molecule has 0 bridgehead atoms. The standard InChI is InChI=1S/C34H49BrO2/c1-22(2)9-8-10-23(3)28-15-16-29-26-14-13-24-21-25(37-32(36)27-11-6-7-12-31(27)35)17-19-33(24,4)30(26)18-20-34(28,29)5/h6-7,11-13,22-23,25-26,28-30H,8-10,14-21H2,1-5H3. The maximum Gasteiger partial charge on any atom is 0.339 e. The second kappa shape index (κ2) is 10.8. The molecule has 0 spiro atoms. The quantitative estimate of drug-likeness (QED) is 0.241. The van der Waals surface area contributed by atoms with E-state index in [4.69, 9.17) is 4.74 Å². The topological polar surface area (TPSA) is 26.3 Å². The van der Waals surface area contributed by atoms with Gasteiger partial charge in [0.25, 0.3) is 0 Å². The van der Waals surface area contributed by atoms with E-state index in [1.54, 1.807) is 5.57 Å². The molecule has 0 amide bonds. The van der Waals surface area contributed by atoms with E-state index in [-0.39, 0.29) is 12.1 Å². The van der Waals surface area contributed by atoms with Crippen LogP contribution in [0.4, 0.5) is 0 Å². The van der Waals surface area contributed by atoms with Crippen molar-refractivity contribution >= 4 is 21.9 Å². The monoisotopic (exact) mass is 568 g/mol. The summed E-state index contributed by atoms with van der Waals surface area (Å²) in [5.74, 6) is 4.96. The summed E-state index contributed by atoms with van der Waals surface area (Å²) in [5, 5.41) is 0. The number of allylic oxidation sites excluding steroid dienone is 1. The number of hydrogen-bond acceptors (Lipinski definition) is 2. The SMILES string of the molecule is CC(C)CCCC(C)C1CCC2C3CC=C4CC(OC(=O)c5ccccc5Br)CCC4(C)C3CCC12C. The summed E-state index contributed by atoms with van der Waals surface area (Å²) in [5.41, 5.74) is 3.05. The van der Waals surface area contributed by atoms with Crippen molar-refractivity contribution in [3.05, 3.63) is 46.0 Å². The zero-order chi connectivity index (χ0) is 26.4. The number of carbonyl (C=O) groups excluding carboxylic acids is 1. The minimum absolute atomic E-state index is 0.00638. The molecule has 3 saturated carbocycles. The molecule has 0 saturated heterocycles. The lowest BCUT2D eigenvalue weighted by atomic mass is 9.47. The van der Waals surface area contributed by atoms with Crippen LogP contribution in [0.15, 0.2) is 40.4 Å². The smallest absolute Gasteiger partial charge is 0.339 e. The molecule has 1 aromatic carbocycles. The molecule has 2 nitrogen and oxygen atoms in total. The molecule has 3 fully saturated rings. The Labute approximate surface area is 234 Å². The molecule has 4 aliphatic rings. The Morgan fingerprint density at radius 2 is 1.81 bits per heavy atom. The van der Waals surface area contributed by atoms with Gasteiger partial charge in [-0.05, 0) is 119 Å². The Balaban J connectivity index is 1.26. The van der Waals surface area contributed by atoms with Crippen LogP contribution in [0.3, 0.4) is 0 Å². The van der Waals surface area contributed by atoms with Gasteiger partial charge in [-0.3, -0.25) is 0 Å². The fraction of sp³-hybridized carbons (Fsp3) is 0.735. The Kier molecular flexibility index (Phi) is 8.03. The molecule has 0 radical (unpaired) electrons. The first kappa shape index (κ1) is 27.5. The molecule has 4 aliphatic carbocycles. The van der Waals surface area contributed by atoms with Crippen molar-refractivity contribution in [2.24, 2.45) is 46.3 Å². The lowest BCUT2D eigenvalue weighted by Crippen LogP contribution is -2.51. The van der Waals surface area contributed by atoms with Crippen LogP contribution in [0.25, 0.3) is 0 Å². The van der Waals surface area contributed by atoms with Gasteiger partial charge in [0.15, 0.2) is 0 Å². The normalized spacial score (nSPS) is 37.8. The summed E-state index contributed by atoms with van der Waals surface area (Å²) in [7, 11) is 0. The first-order valence-electron chi connectivity index (χ1n) is 15.3. The molecule has 1 aromatic rings. The van der Waals surface area contributed by atoms with E-state index < -0.39 is 0 Å². The summed E-state index contributed by atoms with van der Waals surface area (Å²) in [4.78, 5) is 12.9. The third-order valence-electron chi connectivity index (χ3n) is 11.6. The van der Waals surface area contributed by atoms with Crippen LogP contribution in [-0.4, -0.2) is 12.1 Å². The van der Waals surface area contributed by atoms with Gasteiger partial charge in [-0.1, -0.05) is 77.7 Å². The number of fused-ring (bicyclic) bond motifs is 5. The van der Waals surface area contributed by atoms with Gasteiger partial charge in [0.05, 0.1) is 5.56 Å². The van der Waals surface area contributed by atoms with Crippen molar-refractivity contribution in [1.82, 2.24) is 0 Å². The molecule has 204 valence electrons. The zero-order valence-corrected chi connectivity index (χ0v) is 25.5. The van der Waals surface area contributed by atoms with Gasteiger partial charge in [0.2, 0.25) is 0 Å². The second-order valence-corrected chi connectivity index (χ2v) is 14.9. The number of rotatable bonds is 7. The predicted molar refractivity (Wildman–Crippen MR) is 156 cm³/mol. The van der Waals surface area contributed by atoms with Crippen LogP contribution in [-0.2, 0) is 4.74 Å². The van der Waals surface area contributed by atoms with Crippen molar-refractivity contribution in [2.75, 3.05) is 0 Å². The zero-order valence-electron chi connectivity index (χ0n) is 23.9. The van der Waals surface area contributed by atoms with E-state index in [1.165, 1.54) is 51.4 Å². The largest absolute Gasteiger partial charge is 0.458 e. The lowest BCUT2D eigenvalue weighted by Gasteiger charge is -2.58. The highest BCUT2D eigenvalue weighted by molar-refractivity contribution is 9.10. The van der Waals surface area contributed by atoms with E-state index >= 15 is 0 Å². The van der Waals surface area contributed by atoms with Crippen LogP contribution in [0.1, 0.15) is 116 Å². The van der Waals surface area contributed by atoms with Crippen molar-refractivity contribution in [2.45, 2.75) is 111 Å². The van der Waals surface area contributed by atoms with Gasteiger partial charge in [-0.2, -0.15) is 0 Å². The molecule has 0 aliphatic heterocycles. The summed E-state index contributed by atoms with van der Waals surface area (Å²) < 4.78 is 6.87. The molecule has 8 atom stereocenters. The van der Waals surface area contributed by atoms with Gasteiger partial charge in [0, 0.05) is 10.9 Å². The average molecular weight is 570 g/mol. The Bertz CT molecular complexity index is 1010. The lowest BCUT2D eigenvalue weighted by molar-refractivity contribution is -0.0594. The highest BCUT2D eigenvalue weighted by Gasteiger charge is 2.59. The predicted octanol–water partition coefficient (Wildman–Crippen LogP) is 10.0. The van der Waals surface area contributed by atoms with Crippen molar-refractivity contribution in [3.8, 4) is 0 Å². The summed E-state index contributed by atoms with van der Waals surface area (Å²) in [6.07, 6.45) is 16.8. The third kappa shape index (κ3) is 5.12. The number of esters is 1. The molecular weight excluding hydrogens is 520 g/mol. The van der Waals surface area contributed by atoms with Crippen LogP contribution in [0, 0.1) is 46.3 Å². The van der Waals surface area contributed by atoms with E-state index in [2.05, 4.69) is 56.6 Å². The molecule has 0 heterocycles. The summed E-state index contributed by atoms with van der Waals surface area (Å²) in [6, 6.07) is 7.60. The Morgan fingerprint density at radius 1 is 1.03 bits per heavy atom. The van der Waals surface area contributed by atoms with E-state index in [1.807, 2.05) is 24.3 Å². The average Bonchev–Trinajstić information content (AvgIpc) is 3.21. The number of hydrogen-bond donors (Lipinski definition) is 0. The van der Waals surface area contributed by atoms with Gasteiger partial charge in [-0.15, -0.1) is 0 Å². The van der Waals surface area contributed by atoms with Crippen LogP contribution in [0.5, 0.6) is 0 Å². The fourth-order valence-corrected chi connectivity index (χ4v) is 10.0. The molecule has 0 N–H and O–H groups in total. The first-order valence-corrected chi connectivity index (χ1v) is 16.1. The van der Waals surface area contributed by atoms with Crippen LogP contribution < -0.4 is 0 Å². The minimum Gasteiger partial charge on any atom is -0.458 e. The highest BCUT2D eigenvalue weighted by Crippen LogP contribution is 2.67. The Morgan fingerprint density at radius 3 is 2.57 bits per heavy atom. The molecule has 5 rings (SSSR count). The number of halogens is 1. The number of benzene rings is 1. The van der Waals surface area contributed by atoms with E-state index in [0.29, 0.717) is 16.4 Å².